The summed E-state index contributed by atoms with van der Waals surface area (Å²) in [6.45, 7) is 2.58. The first-order valence-electron chi connectivity index (χ1n) is 11.6. The number of aryl methyl sites for hydroxylation is 3. The fourth-order valence-corrected chi connectivity index (χ4v) is 6.29. The first-order chi connectivity index (χ1) is 15.7. The number of sulfonamides is 1. The van der Waals surface area contributed by atoms with Gasteiger partial charge in [-0.1, -0.05) is 6.07 Å². The third kappa shape index (κ3) is 4.94. The van der Waals surface area contributed by atoms with Gasteiger partial charge in [-0.25, -0.2) is 9.52 Å². The van der Waals surface area contributed by atoms with Crippen molar-refractivity contribution in [2.75, 3.05) is 32.5 Å². The molecule has 3 aliphatic rings. The Morgan fingerprint density at radius 2 is 1.71 bits per heavy atom. The standard InChI is InChI=1S/C23H32N6O3S.Na/c1-27-12-18(13-27)28(2)14-17-11-21(25-29(17)3)33(31,32)26-23(30)24-22-19-8-4-6-15(19)10-16-7-5-9-20(16)22;/h10-11,18H,4-9,12-14H2,1-3H3,(H2,24,26,30);. The number of nitrogens with one attached hydrogen (secondary N) is 2. The van der Waals surface area contributed by atoms with Crippen LogP contribution in [0.2, 0.25) is 0 Å². The molecule has 0 unspecified atom stereocenters. The predicted molar refractivity (Wildman–Crippen MR) is 132 cm³/mol. The van der Waals surface area contributed by atoms with Crippen LogP contribution >= 0.6 is 0 Å². The van der Waals surface area contributed by atoms with Crippen LogP contribution in [-0.4, -0.2) is 96.8 Å². The van der Waals surface area contributed by atoms with E-state index in [0.717, 1.165) is 74.1 Å². The van der Waals surface area contributed by atoms with Gasteiger partial charge in [-0.3, -0.25) is 9.58 Å². The molecule has 5 rings (SSSR count). The third-order valence-electron chi connectivity index (χ3n) is 7.25. The third-order valence-corrected chi connectivity index (χ3v) is 8.45. The molecule has 0 bridgehead atoms. The number of likely N-dealkylation sites (tertiary alicyclic amines) is 1. The number of carbonyl (C=O) groups is 1. The normalized spacial score (nSPS) is 17.8. The van der Waals surface area contributed by atoms with Gasteiger partial charge in [-0.15, -0.1) is 0 Å². The monoisotopic (exact) mass is 495 g/mol. The van der Waals surface area contributed by atoms with Gasteiger partial charge >= 0.3 is 6.03 Å². The van der Waals surface area contributed by atoms with Crippen molar-refractivity contribution in [2.45, 2.75) is 56.1 Å². The molecular formula is C23H32N6NaO3S. The van der Waals surface area contributed by atoms with Gasteiger partial charge in [0, 0.05) is 74.0 Å². The van der Waals surface area contributed by atoms with Gasteiger partial charge < -0.3 is 10.2 Å². The molecule has 2 N–H and O–H groups in total. The van der Waals surface area contributed by atoms with Gasteiger partial charge in [0.2, 0.25) is 0 Å². The molecule has 1 saturated heterocycles. The van der Waals surface area contributed by atoms with Gasteiger partial charge in [0.1, 0.15) is 0 Å². The average Bonchev–Trinajstić information content (AvgIpc) is 3.45. The SMILES string of the molecule is CN1CC(N(C)Cc2cc(S(=O)(=O)NC(=O)Nc3c4c(cc5c3CCC5)CCC4)nn2C)C1.[Na]. The van der Waals surface area contributed by atoms with Crippen molar-refractivity contribution in [3.63, 3.8) is 0 Å². The van der Waals surface area contributed by atoms with E-state index in [2.05, 4.69) is 38.1 Å². The average molecular weight is 496 g/mol. The molecule has 2 amide bonds. The number of amides is 2. The van der Waals surface area contributed by atoms with Crippen molar-refractivity contribution in [1.82, 2.24) is 24.3 Å². The summed E-state index contributed by atoms with van der Waals surface area (Å²) in [5, 5.41) is 6.92. The molecule has 1 aromatic carbocycles. The molecule has 34 heavy (non-hydrogen) atoms. The molecule has 2 heterocycles. The van der Waals surface area contributed by atoms with Crippen molar-refractivity contribution in [2.24, 2.45) is 7.05 Å². The van der Waals surface area contributed by atoms with Crippen LogP contribution in [0.3, 0.4) is 0 Å². The van der Waals surface area contributed by atoms with E-state index in [9.17, 15) is 13.2 Å². The molecule has 2 aliphatic carbocycles. The molecular weight excluding hydrogens is 463 g/mol. The molecule has 11 heteroatoms. The first kappa shape index (κ1) is 25.7. The summed E-state index contributed by atoms with van der Waals surface area (Å²) in [4.78, 5) is 17.2. The maximum absolute atomic E-state index is 12.9. The number of urea groups is 1. The summed E-state index contributed by atoms with van der Waals surface area (Å²) in [5.74, 6) is 0. The number of rotatable bonds is 6. The number of likely N-dealkylation sites (N-methyl/N-ethyl adjacent to an activating group) is 2. The number of anilines is 1. The van der Waals surface area contributed by atoms with Crippen molar-refractivity contribution < 1.29 is 13.2 Å². The Labute approximate surface area is 223 Å². The second kappa shape index (κ2) is 9.91. The molecule has 0 spiro atoms. The van der Waals surface area contributed by atoms with Gasteiger partial charge in [0.05, 0.1) is 5.69 Å². The summed E-state index contributed by atoms with van der Waals surface area (Å²) in [6, 6.07) is 3.54. The largest absolute Gasteiger partial charge is 0.333 e. The van der Waals surface area contributed by atoms with Crippen molar-refractivity contribution in [3.05, 3.63) is 40.1 Å². The summed E-state index contributed by atoms with van der Waals surface area (Å²) in [7, 11) is 1.75. The zero-order valence-corrected chi connectivity index (χ0v) is 23.3. The minimum absolute atomic E-state index is 0. The Morgan fingerprint density at radius 3 is 2.29 bits per heavy atom. The van der Waals surface area contributed by atoms with Crippen LogP contribution in [0.15, 0.2) is 17.2 Å². The van der Waals surface area contributed by atoms with Gasteiger partial charge in [0.25, 0.3) is 10.0 Å². The summed E-state index contributed by atoms with van der Waals surface area (Å²) in [6.07, 6.45) is 5.99. The Kier molecular flexibility index (Phi) is 7.48. The molecule has 179 valence electrons. The molecule has 0 atom stereocenters. The molecule has 1 aliphatic heterocycles. The fraction of sp³-hybridized carbons (Fsp3) is 0.565. The molecule has 1 fully saturated rings. The number of aromatic nitrogens is 2. The molecule has 0 saturated carbocycles. The van der Waals surface area contributed by atoms with Gasteiger partial charge in [0.15, 0.2) is 5.03 Å². The summed E-state index contributed by atoms with van der Waals surface area (Å²) < 4.78 is 29.6. The molecule has 1 aromatic heterocycles. The second-order valence-corrected chi connectivity index (χ2v) is 11.3. The van der Waals surface area contributed by atoms with Crippen LogP contribution < -0.4 is 10.0 Å². The van der Waals surface area contributed by atoms with Crippen LogP contribution in [0.25, 0.3) is 0 Å². The number of hydrogen-bond acceptors (Lipinski definition) is 6. The van der Waals surface area contributed by atoms with Gasteiger partial charge in [-0.2, -0.15) is 13.5 Å². The van der Waals surface area contributed by atoms with E-state index in [0.29, 0.717) is 12.6 Å². The van der Waals surface area contributed by atoms with E-state index >= 15 is 0 Å². The number of benzene rings is 1. The first-order valence-corrected chi connectivity index (χ1v) is 13.1. The maximum atomic E-state index is 12.9. The summed E-state index contributed by atoms with van der Waals surface area (Å²) in [5.41, 5.74) is 6.49. The van der Waals surface area contributed by atoms with E-state index in [-0.39, 0.29) is 34.6 Å². The maximum Gasteiger partial charge on any atom is 0.333 e. The van der Waals surface area contributed by atoms with Crippen LogP contribution in [-0.2, 0) is 49.3 Å². The molecule has 1 radical (unpaired) electrons. The Hall–Kier alpha value is -1.43. The topological polar surface area (TPSA) is 99.6 Å². The van der Waals surface area contributed by atoms with Crippen molar-refractivity contribution in [3.8, 4) is 0 Å². The number of fused-ring (bicyclic) bond motifs is 2. The number of hydrogen-bond donors (Lipinski definition) is 2. The van der Waals surface area contributed by atoms with Crippen LogP contribution in [0.5, 0.6) is 0 Å². The van der Waals surface area contributed by atoms with E-state index in [1.54, 1.807) is 17.8 Å². The minimum Gasteiger partial charge on any atom is -0.307 e. The molecule has 2 aromatic rings. The minimum atomic E-state index is -4.09. The smallest absolute Gasteiger partial charge is 0.307 e. The van der Waals surface area contributed by atoms with E-state index in [4.69, 9.17) is 0 Å². The Balaban J connectivity index is 0.00000274. The fourth-order valence-electron chi connectivity index (χ4n) is 5.37. The van der Waals surface area contributed by atoms with Crippen molar-refractivity contribution in [1.29, 1.82) is 0 Å². The van der Waals surface area contributed by atoms with E-state index in [1.165, 1.54) is 11.1 Å². The van der Waals surface area contributed by atoms with Crippen molar-refractivity contribution >= 4 is 51.3 Å². The van der Waals surface area contributed by atoms with E-state index in [1.807, 2.05) is 7.05 Å². The second-order valence-electron chi connectivity index (χ2n) is 9.68. The number of carbonyl (C=O) groups excluding carboxylic acids is 1. The zero-order valence-electron chi connectivity index (χ0n) is 20.5. The zero-order chi connectivity index (χ0) is 23.3. The van der Waals surface area contributed by atoms with E-state index < -0.39 is 16.1 Å². The Morgan fingerprint density at radius 1 is 1.09 bits per heavy atom. The van der Waals surface area contributed by atoms with Crippen LogP contribution in [0.1, 0.15) is 40.8 Å². The Bertz CT molecular complexity index is 1170. The van der Waals surface area contributed by atoms with Crippen LogP contribution in [0, 0.1) is 0 Å². The molecule has 9 nitrogen and oxygen atoms in total. The quantitative estimate of drug-likeness (QED) is 0.586. The summed E-state index contributed by atoms with van der Waals surface area (Å²) >= 11 is 0. The number of nitrogens with zero attached hydrogens (tertiary/aromatic N) is 4. The van der Waals surface area contributed by atoms with Gasteiger partial charge in [-0.05, 0) is 74.9 Å². The van der Waals surface area contributed by atoms with Crippen LogP contribution in [0.4, 0.5) is 10.5 Å². The predicted octanol–water partition coefficient (Wildman–Crippen LogP) is 1.27.